The third-order valence-corrected chi connectivity index (χ3v) is 3.97. The van der Waals surface area contributed by atoms with Gasteiger partial charge in [0.05, 0.1) is 5.69 Å². The van der Waals surface area contributed by atoms with Crippen LogP contribution >= 0.6 is 11.6 Å². The highest BCUT2D eigenvalue weighted by molar-refractivity contribution is 6.30. The van der Waals surface area contributed by atoms with Crippen LogP contribution in [0.15, 0.2) is 36.5 Å². The van der Waals surface area contributed by atoms with E-state index in [1.54, 1.807) is 6.20 Å². The van der Waals surface area contributed by atoms with E-state index in [1.807, 2.05) is 30.3 Å². The number of pyridine rings is 1. The number of hydrogen-bond acceptors (Lipinski definition) is 2. The van der Waals surface area contributed by atoms with Crippen molar-refractivity contribution in [1.82, 2.24) is 4.98 Å². The molecule has 0 saturated heterocycles. The van der Waals surface area contributed by atoms with Crippen LogP contribution in [-0.4, -0.2) is 10.8 Å². The van der Waals surface area contributed by atoms with Crippen LogP contribution in [-0.2, 0) is 6.42 Å². The van der Waals surface area contributed by atoms with Crippen molar-refractivity contribution in [3.05, 3.63) is 63.9 Å². The number of halogens is 1. The van der Waals surface area contributed by atoms with Crippen molar-refractivity contribution in [3.63, 3.8) is 0 Å². The van der Waals surface area contributed by atoms with Gasteiger partial charge in [-0.25, -0.2) is 0 Å². The fourth-order valence-electron chi connectivity index (χ4n) is 2.70. The first kappa shape index (κ1) is 14.8. The molecule has 1 aromatic heterocycles. The Morgan fingerprint density at radius 2 is 1.91 bits per heavy atom. The first-order valence-electron chi connectivity index (χ1n) is 7.23. The largest absolute Gasteiger partial charge is 0.294 e. The van der Waals surface area contributed by atoms with E-state index in [1.165, 1.54) is 0 Å². The lowest BCUT2D eigenvalue weighted by molar-refractivity contribution is 0.0910. The van der Waals surface area contributed by atoms with E-state index in [2.05, 4.69) is 30.7 Å². The van der Waals surface area contributed by atoms with E-state index in [9.17, 15) is 4.79 Å². The average Bonchev–Trinajstić information content (AvgIpc) is 2.44. The molecule has 0 unspecified atom stereocenters. The van der Waals surface area contributed by atoms with Gasteiger partial charge >= 0.3 is 0 Å². The summed E-state index contributed by atoms with van der Waals surface area (Å²) in [7, 11) is 0. The highest BCUT2D eigenvalue weighted by atomic mass is 35.5. The van der Waals surface area contributed by atoms with Crippen molar-refractivity contribution in [1.29, 1.82) is 0 Å². The molecule has 1 heterocycles. The summed E-state index contributed by atoms with van der Waals surface area (Å²) in [6, 6.07) is 9.25. The van der Waals surface area contributed by atoms with Gasteiger partial charge in [0, 0.05) is 34.3 Å². The SMILES string of the molecule is CC1(C)CC(=O)c2cc(C#Cc3cccc(Cl)c3)cnc2C1. The van der Waals surface area contributed by atoms with Crippen LogP contribution in [0.1, 0.15) is 47.4 Å². The summed E-state index contributed by atoms with van der Waals surface area (Å²) in [6.07, 6.45) is 3.13. The van der Waals surface area contributed by atoms with Gasteiger partial charge in [-0.15, -0.1) is 0 Å². The molecule has 0 spiro atoms. The summed E-state index contributed by atoms with van der Waals surface area (Å²) in [6.45, 7) is 4.20. The third kappa shape index (κ3) is 3.21. The predicted octanol–water partition coefficient (Wildman–Crippen LogP) is 4.29. The van der Waals surface area contributed by atoms with Crippen LogP contribution in [0.25, 0.3) is 0 Å². The quantitative estimate of drug-likeness (QED) is 0.680. The maximum absolute atomic E-state index is 12.3. The Bertz CT molecular complexity index is 812. The molecule has 0 fully saturated rings. The van der Waals surface area contributed by atoms with Gasteiger partial charge in [-0.2, -0.15) is 0 Å². The van der Waals surface area contributed by atoms with Crippen LogP contribution in [0.3, 0.4) is 0 Å². The molecule has 0 saturated carbocycles. The summed E-state index contributed by atoms with van der Waals surface area (Å²) in [5.41, 5.74) is 3.20. The summed E-state index contributed by atoms with van der Waals surface area (Å²) in [5, 5.41) is 0.660. The second kappa shape index (κ2) is 5.59. The van der Waals surface area contributed by atoms with E-state index in [0.29, 0.717) is 11.4 Å². The minimum Gasteiger partial charge on any atom is -0.294 e. The van der Waals surface area contributed by atoms with Gasteiger partial charge < -0.3 is 0 Å². The number of carbonyl (C=O) groups excluding carboxylic acids is 1. The highest BCUT2D eigenvalue weighted by Crippen LogP contribution is 2.33. The van der Waals surface area contributed by atoms with Crippen LogP contribution < -0.4 is 0 Å². The molecule has 1 aliphatic carbocycles. The Morgan fingerprint density at radius 1 is 1.14 bits per heavy atom. The van der Waals surface area contributed by atoms with E-state index in [-0.39, 0.29) is 11.2 Å². The molecule has 3 rings (SSSR count). The number of benzene rings is 1. The molecule has 3 heteroatoms. The third-order valence-electron chi connectivity index (χ3n) is 3.73. The van der Waals surface area contributed by atoms with Crippen molar-refractivity contribution in [3.8, 4) is 11.8 Å². The highest BCUT2D eigenvalue weighted by Gasteiger charge is 2.31. The zero-order valence-electron chi connectivity index (χ0n) is 12.6. The standard InChI is InChI=1S/C19H16ClNO/c1-19(2)10-17-16(18(22)11-19)9-14(12-21-17)7-6-13-4-3-5-15(20)8-13/h3-5,8-9,12H,10-11H2,1-2H3. The van der Waals surface area contributed by atoms with E-state index in [4.69, 9.17) is 11.6 Å². The smallest absolute Gasteiger partial charge is 0.165 e. The Labute approximate surface area is 135 Å². The van der Waals surface area contributed by atoms with Gasteiger partial charge in [0.2, 0.25) is 0 Å². The van der Waals surface area contributed by atoms with E-state index in [0.717, 1.165) is 28.8 Å². The minimum atomic E-state index is -0.00886. The van der Waals surface area contributed by atoms with Crippen LogP contribution in [0.5, 0.6) is 0 Å². The van der Waals surface area contributed by atoms with E-state index >= 15 is 0 Å². The first-order valence-corrected chi connectivity index (χ1v) is 7.60. The zero-order chi connectivity index (χ0) is 15.7. The Kier molecular flexibility index (Phi) is 3.76. The van der Waals surface area contributed by atoms with Gasteiger partial charge in [0.15, 0.2) is 5.78 Å². The number of ketones is 1. The Morgan fingerprint density at radius 3 is 2.68 bits per heavy atom. The zero-order valence-corrected chi connectivity index (χ0v) is 13.4. The predicted molar refractivity (Wildman–Crippen MR) is 88.1 cm³/mol. The van der Waals surface area contributed by atoms with Crippen molar-refractivity contribution >= 4 is 17.4 Å². The molecule has 0 bridgehead atoms. The maximum Gasteiger partial charge on any atom is 0.165 e. The van der Waals surface area contributed by atoms with Crippen molar-refractivity contribution in [2.24, 2.45) is 5.41 Å². The van der Waals surface area contributed by atoms with Gasteiger partial charge in [0.25, 0.3) is 0 Å². The summed E-state index contributed by atoms with van der Waals surface area (Å²) < 4.78 is 0. The summed E-state index contributed by atoms with van der Waals surface area (Å²) >= 11 is 5.94. The number of hydrogen-bond donors (Lipinski definition) is 0. The molecule has 1 aromatic carbocycles. The number of fused-ring (bicyclic) bond motifs is 1. The maximum atomic E-state index is 12.3. The van der Waals surface area contributed by atoms with E-state index < -0.39 is 0 Å². The number of nitrogens with zero attached hydrogens (tertiary/aromatic N) is 1. The topological polar surface area (TPSA) is 30.0 Å². The first-order chi connectivity index (χ1) is 10.4. The van der Waals surface area contributed by atoms with Gasteiger partial charge in [-0.05, 0) is 36.1 Å². The Balaban J connectivity index is 1.92. The molecular formula is C19H16ClNO. The van der Waals surface area contributed by atoms with Gasteiger partial charge in [0.1, 0.15) is 0 Å². The molecule has 0 N–H and O–H groups in total. The van der Waals surface area contributed by atoms with Crippen molar-refractivity contribution < 1.29 is 4.79 Å². The molecular weight excluding hydrogens is 294 g/mol. The molecule has 0 aliphatic heterocycles. The normalized spacial score (nSPS) is 15.7. The number of aromatic nitrogens is 1. The number of Topliss-reactive ketones (excluding diaryl/α,β-unsaturated/α-hetero) is 1. The van der Waals surface area contributed by atoms with Gasteiger partial charge in [-0.1, -0.05) is 43.4 Å². The van der Waals surface area contributed by atoms with Crippen LogP contribution in [0.4, 0.5) is 0 Å². The lowest BCUT2D eigenvalue weighted by Gasteiger charge is -2.29. The number of carbonyl (C=O) groups is 1. The summed E-state index contributed by atoms with van der Waals surface area (Å²) in [5.74, 6) is 6.27. The number of rotatable bonds is 0. The molecule has 2 aromatic rings. The fourth-order valence-corrected chi connectivity index (χ4v) is 2.89. The van der Waals surface area contributed by atoms with Crippen molar-refractivity contribution in [2.75, 3.05) is 0 Å². The average molecular weight is 310 g/mol. The molecule has 0 amide bonds. The minimum absolute atomic E-state index is 0.00886. The Hall–Kier alpha value is -2.11. The molecule has 2 nitrogen and oxygen atoms in total. The van der Waals surface area contributed by atoms with Crippen molar-refractivity contribution in [2.45, 2.75) is 26.7 Å². The van der Waals surface area contributed by atoms with Crippen LogP contribution in [0.2, 0.25) is 5.02 Å². The fraction of sp³-hybridized carbons (Fsp3) is 0.263. The monoisotopic (exact) mass is 309 g/mol. The molecule has 0 atom stereocenters. The van der Waals surface area contributed by atoms with Gasteiger partial charge in [-0.3, -0.25) is 9.78 Å². The lowest BCUT2D eigenvalue weighted by Crippen LogP contribution is -2.27. The lowest BCUT2D eigenvalue weighted by atomic mass is 9.75. The second-order valence-corrected chi connectivity index (χ2v) is 6.86. The second-order valence-electron chi connectivity index (χ2n) is 6.42. The molecule has 22 heavy (non-hydrogen) atoms. The van der Waals surface area contributed by atoms with Crippen LogP contribution in [0, 0.1) is 17.3 Å². The molecule has 110 valence electrons. The molecule has 0 radical (unpaired) electrons. The molecule has 1 aliphatic rings. The summed E-state index contributed by atoms with van der Waals surface area (Å²) in [4.78, 5) is 16.7.